The van der Waals surface area contributed by atoms with Crippen molar-refractivity contribution < 1.29 is 14.3 Å². The molecule has 1 aromatic heterocycles. The molecule has 2 aromatic carbocycles. The van der Waals surface area contributed by atoms with Crippen LogP contribution in [0.4, 0.5) is 28.8 Å². The third kappa shape index (κ3) is 5.05. The van der Waals surface area contributed by atoms with E-state index in [1.54, 1.807) is 19.1 Å². The summed E-state index contributed by atoms with van der Waals surface area (Å²) in [5.74, 6) is 1.37. The summed E-state index contributed by atoms with van der Waals surface area (Å²) in [5, 5.41) is 6.84. The molecule has 1 amide bonds. The number of likely N-dealkylation sites (N-methyl/N-ethyl adjacent to an activating group) is 1. The first-order chi connectivity index (χ1) is 19.0. The van der Waals surface area contributed by atoms with E-state index in [1.807, 2.05) is 36.4 Å². The number of anilines is 5. The van der Waals surface area contributed by atoms with Gasteiger partial charge in [-0.05, 0) is 30.2 Å². The minimum Gasteiger partial charge on any atom is -0.494 e. The summed E-state index contributed by atoms with van der Waals surface area (Å²) in [4.78, 5) is 28.1. The van der Waals surface area contributed by atoms with Crippen molar-refractivity contribution in [2.24, 2.45) is 0 Å². The summed E-state index contributed by atoms with van der Waals surface area (Å²) in [5.41, 5.74) is 4.04. The van der Waals surface area contributed by atoms with Crippen LogP contribution in [-0.2, 0) is 11.2 Å². The molecule has 11 heteroatoms. The van der Waals surface area contributed by atoms with Gasteiger partial charge in [-0.15, -0.1) is 0 Å². The zero-order valence-electron chi connectivity index (χ0n) is 21.9. The summed E-state index contributed by atoms with van der Waals surface area (Å²) in [7, 11) is 3.44. The normalized spacial score (nSPS) is 18.5. The van der Waals surface area contributed by atoms with Crippen LogP contribution < -0.4 is 20.3 Å². The molecule has 39 heavy (non-hydrogen) atoms. The maximum Gasteiger partial charge on any atom is 0.255 e. The van der Waals surface area contributed by atoms with E-state index in [9.17, 15) is 4.79 Å². The number of hydrogen-bond acceptors (Lipinski definition) is 9. The number of morpholine rings is 1. The number of fused-ring (bicyclic) bond motifs is 2. The molecule has 0 bridgehead atoms. The maximum absolute atomic E-state index is 12.9. The molecule has 0 spiro atoms. The van der Waals surface area contributed by atoms with Crippen LogP contribution in [-0.4, -0.2) is 78.7 Å². The summed E-state index contributed by atoms with van der Waals surface area (Å²) >= 11 is 6.45. The fourth-order valence-corrected chi connectivity index (χ4v) is 5.28. The highest BCUT2D eigenvalue weighted by Gasteiger charge is 2.27. The lowest BCUT2D eigenvalue weighted by Gasteiger charge is -2.41. The predicted molar refractivity (Wildman–Crippen MR) is 152 cm³/mol. The van der Waals surface area contributed by atoms with Gasteiger partial charge in [-0.3, -0.25) is 4.79 Å². The minimum atomic E-state index is -0.0278. The molecular formula is C28H30ClN7O3. The van der Waals surface area contributed by atoms with E-state index in [1.165, 1.54) is 6.20 Å². The molecule has 202 valence electrons. The van der Waals surface area contributed by atoms with Gasteiger partial charge in [0.2, 0.25) is 5.95 Å². The Balaban J connectivity index is 1.23. The molecule has 4 heterocycles. The number of nitrogens with zero attached hydrogens (tertiary/aromatic N) is 5. The second-order valence-electron chi connectivity index (χ2n) is 9.76. The first-order valence-electron chi connectivity index (χ1n) is 12.9. The Bertz CT molecular complexity index is 1430. The largest absolute Gasteiger partial charge is 0.494 e. The first-order valence-corrected chi connectivity index (χ1v) is 13.3. The van der Waals surface area contributed by atoms with Crippen molar-refractivity contribution in [2.75, 3.05) is 62.5 Å². The van der Waals surface area contributed by atoms with Gasteiger partial charge in [0.25, 0.3) is 5.91 Å². The van der Waals surface area contributed by atoms with Crippen molar-refractivity contribution in [1.82, 2.24) is 19.8 Å². The number of carbonyl (C=O) groups is 1. The van der Waals surface area contributed by atoms with E-state index in [4.69, 9.17) is 21.1 Å². The summed E-state index contributed by atoms with van der Waals surface area (Å²) < 4.78 is 11.4. The average Bonchev–Trinajstić information content (AvgIpc) is 2.96. The highest BCUT2D eigenvalue weighted by molar-refractivity contribution is 6.33. The molecule has 3 aliphatic heterocycles. The van der Waals surface area contributed by atoms with Gasteiger partial charge in [0.05, 0.1) is 49.5 Å². The molecule has 1 atom stereocenters. The van der Waals surface area contributed by atoms with E-state index >= 15 is 0 Å². The smallest absolute Gasteiger partial charge is 0.255 e. The Morgan fingerprint density at radius 2 is 2.03 bits per heavy atom. The number of benzene rings is 2. The van der Waals surface area contributed by atoms with Gasteiger partial charge in [-0.25, -0.2) is 4.98 Å². The SMILES string of the molecule is COc1cc(N2C=CN3CCOC[C@@H]3C2)ccc1Nc1ncc(Cl)c(Nc2cccc3c2C(=O)N(C)CC3)n1. The molecule has 0 unspecified atom stereocenters. The molecule has 0 radical (unpaired) electrons. The van der Waals surface area contributed by atoms with Crippen molar-refractivity contribution >= 4 is 46.3 Å². The monoisotopic (exact) mass is 547 g/mol. The van der Waals surface area contributed by atoms with E-state index in [-0.39, 0.29) is 5.91 Å². The van der Waals surface area contributed by atoms with Gasteiger partial charge in [0, 0.05) is 50.8 Å². The molecular weight excluding hydrogens is 518 g/mol. The van der Waals surface area contributed by atoms with Crippen molar-refractivity contribution in [3.8, 4) is 5.75 Å². The third-order valence-electron chi connectivity index (χ3n) is 7.31. The number of nitrogens with one attached hydrogen (secondary N) is 2. The fourth-order valence-electron chi connectivity index (χ4n) is 5.14. The Morgan fingerprint density at radius 1 is 1.13 bits per heavy atom. The van der Waals surface area contributed by atoms with Gasteiger partial charge in [-0.1, -0.05) is 23.7 Å². The van der Waals surface area contributed by atoms with Crippen LogP contribution in [0.5, 0.6) is 5.75 Å². The second-order valence-corrected chi connectivity index (χ2v) is 10.2. The molecule has 1 saturated heterocycles. The van der Waals surface area contributed by atoms with Gasteiger partial charge in [-0.2, -0.15) is 4.98 Å². The third-order valence-corrected chi connectivity index (χ3v) is 7.58. The lowest BCUT2D eigenvalue weighted by Crippen LogP contribution is -2.50. The number of amides is 1. The Hall–Kier alpha value is -4.02. The number of halogens is 1. The highest BCUT2D eigenvalue weighted by Crippen LogP contribution is 2.34. The second kappa shape index (κ2) is 10.6. The number of ether oxygens (including phenoxy) is 2. The quantitative estimate of drug-likeness (QED) is 0.469. The Labute approximate surface area is 232 Å². The Morgan fingerprint density at radius 3 is 2.90 bits per heavy atom. The first kappa shape index (κ1) is 25.3. The molecule has 6 rings (SSSR count). The molecule has 1 fully saturated rings. The fraction of sp³-hybridized carbons (Fsp3) is 0.321. The number of carbonyl (C=O) groups excluding carboxylic acids is 1. The van der Waals surface area contributed by atoms with E-state index in [2.05, 4.69) is 42.8 Å². The van der Waals surface area contributed by atoms with Crippen molar-refractivity contribution in [3.63, 3.8) is 0 Å². The van der Waals surface area contributed by atoms with Crippen molar-refractivity contribution in [3.05, 3.63) is 71.1 Å². The molecule has 0 saturated carbocycles. The summed E-state index contributed by atoms with van der Waals surface area (Å²) in [6, 6.07) is 12.1. The van der Waals surface area contributed by atoms with Crippen LogP contribution in [0.3, 0.4) is 0 Å². The lowest BCUT2D eigenvalue weighted by atomic mass is 9.97. The molecule has 3 aliphatic rings. The lowest BCUT2D eigenvalue weighted by molar-refractivity contribution is 0.0166. The highest BCUT2D eigenvalue weighted by atomic mass is 35.5. The van der Waals surface area contributed by atoms with E-state index in [0.29, 0.717) is 52.1 Å². The van der Waals surface area contributed by atoms with Crippen LogP contribution >= 0.6 is 11.6 Å². The number of aromatic nitrogens is 2. The average molecular weight is 548 g/mol. The van der Waals surface area contributed by atoms with Gasteiger partial charge in [0.15, 0.2) is 5.82 Å². The zero-order chi connectivity index (χ0) is 26.9. The van der Waals surface area contributed by atoms with Crippen molar-refractivity contribution in [1.29, 1.82) is 0 Å². The Kier molecular flexibility index (Phi) is 6.88. The predicted octanol–water partition coefficient (Wildman–Crippen LogP) is 4.25. The van der Waals surface area contributed by atoms with E-state index < -0.39 is 0 Å². The number of rotatable bonds is 6. The van der Waals surface area contributed by atoms with Crippen LogP contribution in [0.15, 0.2) is 55.0 Å². The summed E-state index contributed by atoms with van der Waals surface area (Å²) in [6.45, 7) is 3.93. The number of methoxy groups -OCH3 is 1. The van der Waals surface area contributed by atoms with Crippen LogP contribution in [0, 0.1) is 0 Å². The van der Waals surface area contributed by atoms with Crippen LogP contribution in [0.2, 0.25) is 5.02 Å². The zero-order valence-corrected chi connectivity index (χ0v) is 22.6. The van der Waals surface area contributed by atoms with Gasteiger partial charge < -0.3 is 34.8 Å². The number of hydrogen-bond donors (Lipinski definition) is 2. The van der Waals surface area contributed by atoms with Crippen LogP contribution in [0.1, 0.15) is 15.9 Å². The minimum absolute atomic E-state index is 0.0278. The maximum atomic E-state index is 12.9. The molecule has 3 aromatic rings. The molecule has 10 nitrogen and oxygen atoms in total. The summed E-state index contributed by atoms with van der Waals surface area (Å²) in [6.07, 6.45) is 6.54. The van der Waals surface area contributed by atoms with Crippen molar-refractivity contribution in [2.45, 2.75) is 12.5 Å². The van der Waals surface area contributed by atoms with Crippen LogP contribution in [0.25, 0.3) is 0 Å². The van der Waals surface area contributed by atoms with Gasteiger partial charge >= 0.3 is 0 Å². The standard InChI is InChI=1S/C28H30ClN7O3/c1-34-9-8-18-4-3-5-23(25(18)27(34)37)31-26-21(29)15-30-28(33-26)32-22-7-6-19(14-24(22)38-2)36-11-10-35-12-13-39-17-20(35)16-36/h3-7,10-11,14-15,20H,8-9,12-13,16-17H2,1-2H3,(H2,30,31,32,33)/t20-/m0/s1. The topological polar surface area (TPSA) is 95.1 Å². The van der Waals surface area contributed by atoms with E-state index in [0.717, 1.165) is 44.0 Å². The van der Waals surface area contributed by atoms with Gasteiger partial charge in [0.1, 0.15) is 10.8 Å². The molecule has 2 N–H and O–H groups in total. The molecule has 0 aliphatic carbocycles.